The predicted octanol–water partition coefficient (Wildman–Crippen LogP) is 3.64. The summed E-state index contributed by atoms with van der Waals surface area (Å²) < 4.78 is 5.59. The van der Waals surface area contributed by atoms with E-state index >= 15 is 0 Å². The van der Waals surface area contributed by atoms with Crippen LogP contribution in [0.1, 0.15) is 42.9 Å². The van der Waals surface area contributed by atoms with Crippen LogP contribution in [-0.4, -0.2) is 26.3 Å². The molecule has 2 rings (SSSR count). The van der Waals surface area contributed by atoms with Crippen LogP contribution in [0.4, 0.5) is 0 Å². The lowest BCUT2D eigenvalue weighted by Crippen LogP contribution is -2.41. The third-order valence-electron chi connectivity index (χ3n) is 4.34. The molecule has 1 aliphatic heterocycles. The number of hydrogen-bond donors (Lipinski definition) is 1. The highest BCUT2D eigenvalue weighted by atomic mass is 16.5. The van der Waals surface area contributed by atoms with Crippen LogP contribution in [0.5, 0.6) is 0 Å². The molecule has 0 unspecified atom stereocenters. The summed E-state index contributed by atoms with van der Waals surface area (Å²) in [4.78, 5) is 0. The van der Waals surface area contributed by atoms with E-state index in [2.05, 4.69) is 44.3 Å². The highest BCUT2D eigenvalue weighted by molar-refractivity contribution is 5.29. The van der Waals surface area contributed by atoms with Gasteiger partial charge in [-0.05, 0) is 57.1 Å². The summed E-state index contributed by atoms with van der Waals surface area (Å²) in [5, 5.41) is 3.64. The van der Waals surface area contributed by atoms with Crippen molar-refractivity contribution in [3.63, 3.8) is 0 Å². The van der Waals surface area contributed by atoms with Gasteiger partial charge >= 0.3 is 0 Å². The van der Waals surface area contributed by atoms with E-state index in [0.29, 0.717) is 5.41 Å². The van der Waals surface area contributed by atoms with E-state index in [1.807, 2.05) is 0 Å². The summed E-state index contributed by atoms with van der Waals surface area (Å²) in [5.41, 5.74) is 4.63. The minimum atomic E-state index is 0.383. The van der Waals surface area contributed by atoms with Gasteiger partial charge in [0.1, 0.15) is 0 Å². The maximum atomic E-state index is 5.59. The van der Waals surface area contributed by atoms with Crippen molar-refractivity contribution in [1.82, 2.24) is 5.32 Å². The molecule has 2 nitrogen and oxygen atoms in total. The molecule has 0 amide bonds. The second kappa shape index (κ2) is 7.24. The Kier molecular flexibility index (Phi) is 5.62. The van der Waals surface area contributed by atoms with Crippen LogP contribution in [-0.2, 0) is 11.2 Å². The molecule has 0 atom stereocenters. The molecule has 2 heteroatoms. The third-order valence-corrected chi connectivity index (χ3v) is 4.34. The Balaban J connectivity index is 2.09. The molecule has 0 aliphatic carbocycles. The molecule has 20 heavy (non-hydrogen) atoms. The van der Waals surface area contributed by atoms with E-state index in [9.17, 15) is 0 Å². The van der Waals surface area contributed by atoms with E-state index in [0.717, 1.165) is 26.3 Å². The maximum absolute atomic E-state index is 5.59. The highest BCUT2D eigenvalue weighted by Gasteiger charge is 2.32. The van der Waals surface area contributed by atoms with Crippen LogP contribution < -0.4 is 5.32 Å². The molecular formula is C18H29NO. The molecule has 1 fully saturated rings. The van der Waals surface area contributed by atoms with E-state index in [1.165, 1.54) is 42.4 Å². The molecule has 112 valence electrons. The van der Waals surface area contributed by atoms with Gasteiger partial charge in [0.05, 0.1) is 0 Å². The van der Waals surface area contributed by atoms with Crippen LogP contribution in [0, 0.1) is 19.3 Å². The quantitative estimate of drug-likeness (QED) is 0.800. The van der Waals surface area contributed by atoms with Crippen molar-refractivity contribution in [3.05, 3.63) is 34.9 Å². The topological polar surface area (TPSA) is 21.3 Å². The molecule has 1 N–H and O–H groups in total. The van der Waals surface area contributed by atoms with Crippen molar-refractivity contribution in [1.29, 1.82) is 0 Å². The zero-order chi connectivity index (χ0) is 14.4. The average Bonchev–Trinajstić information content (AvgIpc) is 2.38. The summed E-state index contributed by atoms with van der Waals surface area (Å²) in [6.45, 7) is 10.7. The monoisotopic (exact) mass is 275 g/mol. The molecule has 1 heterocycles. The second-order valence-corrected chi connectivity index (χ2v) is 6.46. The van der Waals surface area contributed by atoms with Crippen molar-refractivity contribution in [2.45, 2.75) is 46.5 Å². The number of hydrogen-bond acceptors (Lipinski definition) is 2. The molecule has 0 radical (unpaired) electrons. The molecule has 0 bridgehead atoms. The van der Waals surface area contributed by atoms with Gasteiger partial charge in [0, 0.05) is 19.8 Å². The molecule has 1 aromatic rings. The van der Waals surface area contributed by atoms with Crippen molar-refractivity contribution >= 4 is 0 Å². The number of rotatable bonds is 6. The summed E-state index contributed by atoms with van der Waals surface area (Å²) in [5.74, 6) is 0. The third kappa shape index (κ3) is 4.32. The predicted molar refractivity (Wildman–Crippen MR) is 85.3 cm³/mol. The summed E-state index contributed by atoms with van der Waals surface area (Å²) in [6.07, 6.45) is 4.74. The van der Waals surface area contributed by atoms with Gasteiger partial charge in [-0.2, -0.15) is 0 Å². The first-order valence-electron chi connectivity index (χ1n) is 7.99. The van der Waals surface area contributed by atoms with Gasteiger partial charge in [-0.3, -0.25) is 0 Å². The van der Waals surface area contributed by atoms with Crippen LogP contribution in [0.3, 0.4) is 0 Å². The van der Waals surface area contributed by atoms with Crippen LogP contribution in [0.25, 0.3) is 0 Å². The fourth-order valence-electron chi connectivity index (χ4n) is 3.35. The van der Waals surface area contributed by atoms with Crippen molar-refractivity contribution in [3.8, 4) is 0 Å². The Morgan fingerprint density at radius 2 is 1.75 bits per heavy atom. The molecular weight excluding hydrogens is 246 g/mol. The Morgan fingerprint density at radius 3 is 2.35 bits per heavy atom. The highest BCUT2D eigenvalue weighted by Crippen LogP contribution is 2.34. The summed E-state index contributed by atoms with van der Waals surface area (Å²) >= 11 is 0. The minimum Gasteiger partial charge on any atom is -0.381 e. The van der Waals surface area contributed by atoms with E-state index in [-0.39, 0.29) is 0 Å². The van der Waals surface area contributed by atoms with Crippen molar-refractivity contribution in [2.24, 2.45) is 5.41 Å². The van der Waals surface area contributed by atoms with Crippen LogP contribution >= 0.6 is 0 Å². The fraction of sp³-hybridized carbons (Fsp3) is 0.667. The Hall–Kier alpha value is -0.860. The molecule has 0 spiro atoms. The first kappa shape index (κ1) is 15.5. The lowest BCUT2D eigenvalue weighted by molar-refractivity contribution is 0.0150. The standard InChI is InChI=1S/C18H29NO/c1-4-7-19-14-18(5-8-20-9-6-18)13-17-11-15(2)10-16(3)12-17/h10-12,19H,4-9,13-14H2,1-3H3. The van der Waals surface area contributed by atoms with Gasteiger partial charge in [0.15, 0.2) is 0 Å². The molecule has 0 aromatic heterocycles. The zero-order valence-corrected chi connectivity index (χ0v) is 13.3. The molecule has 1 aliphatic rings. The van der Waals surface area contributed by atoms with Gasteiger partial charge in [0.2, 0.25) is 0 Å². The van der Waals surface area contributed by atoms with E-state index in [4.69, 9.17) is 4.74 Å². The minimum absolute atomic E-state index is 0.383. The normalized spacial score (nSPS) is 18.1. The Morgan fingerprint density at radius 1 is 1.10 bits per heavy atom. The molecule has 1 aromatic carbocycles. The zero-order valence-electron chi connectivity index (χ0n) is 13.3. The Bertz CT molecular complexity index is 401. The van der Waals surface area contributed by atoms with Gasteiger partial charge in [0.25, 0.3) is 0 Å². The largest absolute Gasteiger partial charge is 0.381 e. The van der Waals surface area contributed by atoms with E-state index in [1.54, 1.807) is 0 Å². The van der Waals surface area contributed by atoms with Crippen molar-refractivity contribution < 1.29 is 4.74 Å². The number of benzene rings is 1. The lowest BCUT2D eigenvalue weighted by Gasteiger charge is -2.38. The van der Waals surface area contributed by atoms with Gasteiger partial charge in [-0.25, -0.2) is 0 Å². The number of aryl methyl sites for hydroxylation is 2. The first-order valence-corrected chi connectivity index (χ1v) is 7.99. The molecule has 0 saturated carbocycles. The van der Waals surface area contributed by atoms with Gasteiger partial charge < -0.3 is 10.1 Å². The fourth-order valence-corrected chi connectivity index (χ4v) is 3.35. The van der Waals surface area contributed by atoms with Gasteiger partial charge in [-0.1, -0.05) is 36.2 Å². The van der Waals surface area contributed by atoms with E-state index < -0.39 is 0 Å². The van der Waals surface area contributed by atoms with Crippen LogP contribution in [0.15, 0.2) is 18.2 Å². The second-order valence-electron chi connectivity index (χ2n) is 6.46. The smallest absolute Gasteiger partial charge is 0.0471 e. The van der Waals surface area contributed by atoms with Gasteiger partial charge in [-0.15, -0.1) is 0 Å². The molecule has 1 saturated heterocycles. The maximum Gasteiger partial charge on any atom is 0.0471 e. The van der Waals surface area contributed by atoms with Crippen molar-refractivity contribution in [2.75, 3.05) is 26.3 Å². The SMILES string of the molecule is CCCNCC1(Cc2cc(C)cc(C)c2)CCOCC1. The number of ether oxygens (including phenoxy) is 1. The van der Waals surface area contributed by atoms with Crippen LogP contribution in [0.2, 0.25) is 0 Å². The average molecular weight is 275 g/mol. The summed E-state index contributed by atoms with van der Waals surface area (Å²) in [6, 6.07) is 6.96. The number of nitrogens with one attached hydrogen (secondary N) is 1. The summed E-state index contributed by atoms with van der Waals surface area (Å²) in [7, 11) is 0. The lowest BCUT2D eigenvalue weighted by atomic mass is 9.75. The Labute approximate surface area is 123 Å². The first-order chi connectivity index (χ1) is 9.63.